The quantitative estimate of drug-likeness (QED) is 0.935. The van der Waals surface area contributed by atoms with Crippen molar-refractivity contribution in [2.75, 3.05) is 0 Å². The average molecular weight is 334 g/mol. The van der Waals surface area contributed by atoms with Gasteiger partial charge in [0.2, 0.25) is 11.8 Å². The molecule has 25 heavy (non-hydrogen) atoms. The van der Waals surface area contributed by atoms with Crippen LogP contribution in [0.15, 0.2) is 42.5 Å². The summed E-state index contributed by atoms with van der Waals surface area (Å²) < 4.78 is 0. The van der Waals surface area contributed by atoms with Gasteiger partial charge >= 0.3 is 0 Å². The van der Waals surface area contributed by atoms with Crippen LogP contribution in [0.3, 0.4) is 0 Å². The maximum absolute atomic E-state index is 12.9. The number of carbonyl (C=O) groups is 2. The van der Waals surface area contributed by atoms with Crippen molar-refractivity contribution in [3.05, 3.63) is 70.3 Å². The van der Waals surface area contributed by atoms with E-state index in [1.807, 2.05) is 30.3 Å². The second-order valence-electron chi connectivity index (χ2n) is 7.05. The molecule has 2 aromatic rings. The van der Waals surface area contributed by atoms with E-state index in [-0.39, 0.29) is 5.91 Å². The van der Waals surface area contributed by atoms with Gasteiger partial charge in [0.15, 0.2) is 0 Å². The number of nitrogens with two attached hydrogens (primary N) is 1. The van der Waals surface area contributed by atoms with Gasteiger partial charge in [0.05, 0.1) is 6.42 Å². The molecule has 0 fully saturated rings. The third kappa shape index (κ3) is 3.04. The van der Waals surface area contributed by atoms with E-state index in [2.05, 4.69) is 12.1 Å². The molecule has 0 saturated heterocycles. The van der Waals surface area contributed by atoms with Crippen LogP contribution in [0, 0.1) is 0 Å². The summed E-state index contributed by atoms with van der Waals surface area (Å²) in [5.41, 5.74) is 11.6. The molecule has 4 rings (SSSR count). The Bertz CT molecular complexity index is 844. The Hall–Kier alpha value is -2.62. The van der Waals surface area contributed by atoms with E-state index >= 15 is 0 Å². The first-order chi connectivity index (χ1) is 12.1. The van der Waals surface area contributed by atoms with Gasteiger partial charge in [0, 0.05) is 13.0 Å². The van der Waals surface area contributed by atoms with Crippen LogP contribution in [-0.4, -0.2) is 22.8 Å². The summed E-state index contributed by atoms with van der Waals surface area (Å²) >= 11 is 0. The summed E-state index contributed by atoms with van der Waals surface area (Å²) in [4.78, 5) is 26.5. The van der Waals surface area contributed by atoms with Gasteiger partial charge in [-0.15, -0.1) is 0 Å². The molecule has 2 aromatic carbocycles. The molecule has 0 unspecified atom stereocenters. The number of carbonyl (C=O) groups excluding carboxylic acids is 2. The van der Waals surface area contributed by atoms with Crippen molar-refractivity contribution in [2.24, 2.45) is 5.73 Å². The fourth-order valence-electron chi connectivity index (χ4n) is 4.05. The first kappa shape index (κ1) is 15.9. The molecule has 1 aliphatic carbocycles. The molecule has 2 amide bonds. The second kappa shape index (κ2) is 6.36. The van der Waals surface area contributed by atoms with Crippen molar-refractivity contribution in [2.45, 2.75) is 44.7 Å². The van der Waals surface area contributed by atoms with Crippen LogP contribution >= 0.6 is 0 Å². The smallest absolute Gasteiger partial charge is 0.240 e. The average Bonchev–Trinajstić information content (AvgIpc) is 3.08. The molecule has 2 N–H and O–H groups in total. The highest BCUT2D eigenvalue weighted by atomic mass is 16.2. The number of nitrogens with zero attached hydrogens (tertiary/aromatic N) is 1. The van der Waals surface area contributed by atoms with E-state index in [9.17, 15) is 9.59 Å². The maximum Gasteiger partial charge on any atom is 0.240 e. The van der Waals surface area contributed by atoms with Gasteiger partial charge in [-0.1, -0.05) is 42.5 Å². The molecule has 0 radical (unpaired) electrons. The summed E-state index contributed by atoms with van der Waals surface area (Å²) in [7, 11) is 0. The van der Waals surface area contributed by atoms with E-state index in [0.717, 1.165) is 29.5 Å². The molecule has 0 spiro atoms. The van der Waals surface area contributed by atoms with Gasteiger partial charge < -0.3 is 10.6 Å². The van der Waals surface area contributed by atoms with E-state index in [0.29, 0.717) is 19.4 Å². The van der Waals surface area contributed by atoms with Crippen LogP contribution in [0.1, 0.15) is 34.2 Å². The van der Waals surface area contributed by atoms with Crippen LogP contribution in [0.2, 0.25) is 0 Å². The number of hydrogen-bond donors (Lipinski definition) is 1. The van der Waals surface area contributed by atoms with Gasteiger partial charge in [-0.3, -0.25) is 9.59 Å². The highest BCUT2D eigenvalue weighted by Gasteiger charge is 2.33. The minimum atomic E-state index is -0.558. The maximum atomic E-state index is 12.9. The molecular weight excluding hydrogens is 312 g/mol. The molecule has 4 nitrogen and oxygen atoms in total. The Kier molecular flexibility index (Phi) is 4.04. The highest BCUT2D eigenvalue weighted by Crippen LogP contribution is 2.26. The predicted molar refractivity (Wildman–Crippen MR) is 95.8 cm³/mol. The molecule has 128 valence electrons. The first-order valence-electron chi connectivity index (χ1n) is 8.88. The molecule has 1 heterocycles. The Morgan fingerprint density at radius 1 is 1.00 bits per heavy atom. The van der Waals surface area contributed by atoms with Crippen molar-refractivity contribution >= 4 is 11.8 Å². The van der Waals surface area contributed by atoms with Gasteiger partial charge in [0.25, 0.3) is 0 Å². The van der Waals surface area contributed by atoms with Crippen molar-refractivity contribution in [1.29, 1.82) is 0 Å². The van der Waals surface area contributed by atoms with Gasteiger partial charge in [-0.25, -0.2) is 0 Å². The molecule has 1 atom stereocenters. The number of rotatable bonds is 3. The van der Waals surface area contributed by atoms with E-state index in [4.69, 9.17) is 5.73 Å². The van der Waals surface area contributed by atoms with Crippen LogP contribution in [0.4, 0.5) is 0 Å². The van der Waals surface area contributed by atoms with Gasteiger partial charge in [-0.05, 0) is 47.1 Å². The van der Waals surface area contributed by atoms with E-state index in [1.165, 1.54) is 17.5 Å². The molecule has 1 aliphatic heterocycles. The SMILES string of the molecule is NC(=O)[C@@H]1Cc2ccccc2CN1C(=O)Cc1ccc2c(c1)CCC2. The molecule has 2 aliphatic rings. The zero-order chi connectivity index (χ0) is 17.4. The third-order valence-corrected chi connectivity index (χ3v) is 5.42. The normalized spacial score (nSPS) is 18.6. The second-order valence-corrected chi connectivity index (χ2v) is 7.05. The lowest BCUT2D eigenvalue weighted by Gasteiger charge is -2.35. The van der Waals surface area contributed by atoms with Crippen molar-refractivity contribution in [1.82, 2.24) is 4.90 Å². The van der Waals surface area contributed by atoms with Crippen LogP contribution in [0.25, 0.3) is 0 Å². The zero-order valence-corrected chi connectivity index (χ0v) is 14.2. The van der Waals surface area contributed by atoms with Crippen molar-refractivity contribution in [3.8, 4) is 0 Å². The van der Waals surface area contributed by atoms with E-state index < -0.39 is 11.9 Å². The van der Waals surface area contributed by atoms with Crippen LogP contribution in [0.5, 0.6) is 0 Å². The van der Waals surface area contributed by atoms with Crippen LogP contribution < -0.4 is 5.73 Å². The zero-order valence-electron chi connectivity index (χ0n) is 14.2. The minimum Gasteiger partial charge on any atom is -0.368 e. The molecule has 0 bridgehead atoms. The topological polar surface area (TPSA) is 63.4 Å². The summed E-state index contributed by atoms with van der Waals surface area (Å²) in [6.45, 7) is 0.452. The third-order valence-electron chi connectivity index (χ3n) is 5.42. The standard InChI is InChI=1S/C21H22N2O2/c22-21(25)19-12-17-4-1-2-5-18(17)13-23(19)20(24)11-14-8-9-15-6-3-7-16(15)10-14/h1-2,4-5,8-10,19H,3,6-7,11-13H2,(H2,22,25)/t19-/m0/s1. The minimum absolute atomic E-state index is 0.0312. The summed E-state index contributed by atoms with van der Waals surface area (Å²) in [6.07, 6.45) is 4.24. The summed E-state index contributed by atoms with van der Waals surface area (Å²) in [5, 5.41) is 0. The number of amides is 2. The summed E-state index contributed by atoms with van der Waals surface area (Å²) in [6, 6.07) is 13.7. The molecule has 0 saturated carbocycles. The van der Waals surface area contributed by atoms with Crippen molar-refractivity contribution in [3.63, 3.8) is 0 Å². The Balaban J connectivity index is 1.56. The summed E-state index contributed by atoms with van der Waals surface area (Å²) in [5.74, 6) is -0.465. The number of aryl methyl sites for hydroxylation is 2. The Labute approximate surface area is 147 Å². The van der Waals surface area contributed by atoms with E-state index in [1.54, 1.807) is 4.90 Å². The Morgan fingerprint density at radius 2 is 1.76 bits per heavy atom. The predicted octanol–water partition coefficient (Wildman–Crippen LogP) is 2.16. The fraction of sp³-hybridized carbons (Fsp3) is 0.333. The highest BCUT2D eigenvalue weighted by molar-refractivity contribution is 5.88. The fourth-order valence-corrected chi connectivity index (χ4v) is 4.05. The number of primary amides is 1. The Morgan fingerprint density at radius 3 is 2.56 bits per heavy atom. The number of fused-ring (bicyclic) bond motifs is 2. The molecule has 4 heteroatoms. The number of benzene rings is 2. The number of hydrogen-bond acceptors (Lipinski definition) is 2. The lowest BCUT2D eigenvalue weighted by Crippen LogP contribution is -2.51. The largest absolute Gasteiger partial charge is 0.368 e. The lowest BCUT2D eigenvalue weighted by atomic mass is 9.93. The van der Waals surface area contributed by atoms with Crippen molar-refractivity contribution < 1.29 is 9.59 Å². The molecular formula is C21H22N2O2. The van der Waals surface area contributed by atoms with Gasteiger partial charge in [0.1, 0.15) is 6.04 Å². The lowest BCUT2D eigenvalue weighted by molar-refractivity contribution is -0.140. The monoisotopic (exact) mass is 334 g/mol. The first-order valence-corrected chi connectivity index (χ1v) is 8.88. The van der Waals surface area contributed by atoms with Crippen LogP contribution in [-0.2, 0) is 41.8 Å². The molecule has 0 aromatic heterocycles. The van der Waals surface area contributed by atoms with Gasteiger partial charge in [-0.2, -0.15) is 0 Å².